The second-order valence-corrected chi connectivity index (χ2v) is 5.30. The number of hydrogen-bond donors (Lipinski definition) is 0. The number of alkyl halides is 3. The Morgan fingerprint density at radius 3 is 2.54 bits per heavy atom. The molecule has 0 radical (unpaired) electrons. The molecule has 0 aliphatic carbocycles. The van der Waals surface area contributed by atoms with Gasteiger partial charge in [0.05, 0.1) is 5.56 Å². The molecule has 24 heavy (non-hydrogen) atoms. The van der Waals surface area contributed by atoms with Gasteiger partial charge in [-0.25, -0.2) is 0 Å². The third kappa shape index (κ3) is 3.65. The van der Waals surface area contributed by atoms with Gasteiger partial charge in [0.1, 0.15) is 0 Å². The zero-order valence-corrected chi connectivity index (χ0v) is 12.8. The fourth-order valence-electron chi connectivity index (χ4n) is 2.03. The Morgan fingerprint density at radius 1 is 1.00 bits per heavy atom. The zero-order valence-electron chi connectivity index (χ0n) is 12.1. The molecule has 0 N–H and O–H groups in total. The van der Waals surface area contributed by atoms with Gasteiger partial charge in [-0.2, -0.15) is 18.2 Å². The number of aromatic nitrogens is 2. The molecule has 0 aliphatic heterocycles. The van der Waals surface area contributed by atoms with Crippen LogP contribution < -0.4 is 0 Å². The van der Waals surface area contributed by atoms with Gasteiger partial charge in [0.2, 0.25) is 5.82 Å². The van der Waals surface area contributed by atoms with Crippen LogP contribution in [-0.2, 0) is 6.18 Å². The maximum atomic E-state index is 12.7. The highest BCUT2D eigenvalue weighted by molar-refractivity contribution is 6.32. The van der Waals surface area contributed by atoms with Crippen LogP contribution in [0.15, 0.2) is 53.1 Å². The van der Waals surface area contributed by atoms with Gasteiger partial charge in [-0.3, -0.25) is 0 Å². The van der Waals surface area contributed by atoms with E-state index in [9.17, 15) is 13.2 Å². The van der Waals surface area contributed by atoms with Crippen LogP contribution in [0.3, 0.4) is 0 Å². The largest absolute Gasteiger partial charge is 0.416 e. The molecule has 3 rings (SSSR count). The number of hydrogen-bond acceptors (Lipinski definition) is 3. The standard InChI is InChI=1S/C17H10ClF3N2O/c18-14-7-2-1-4-11(14)8-9-15-22-16(23-24-15)12-5-3-6-13(10-12)17(19,20)21/h1-10H. The van der Waals surface area contributed by atoms with E-state index in [2.05, 4.69) is 10.1 Å². The molecule has 0 saturated heterocycles. The monoisotopic (exact) mass is 350 g/mol. The summed E-state index contributed by atoms with van der Waals surface area (Å²) in [6.45, 7) is 0. The molecule has 0 bridgehead atoms. The highest BCUT2D eigenvalue weighted by Crippen LogP contribution is 2.31. The number of nitrogens with zero attached hydrogens (tertiary/aromatic N) is 2. The average molecular weight is 351 g/mol. The summed E-state index contributed by atoms with van der Waals surface area (Å²) in [4.78, 5) is 4.07. The molecule has 2 aromatic carbocycles. The minimum absolute atomic E-state index is 0.0832. The van der Waals surface area contributed by atoms with Gasteiger partial charge >= 0.3 is 6.18 Å². The van der Waals surface area contributed by atoms with Crippen molar-refractivity contribution in [2.45, 2.75) is 6.18 Å². The van der Waals surface area contributed by atoms with E-state index >= 15 is 0 Å². The highest BCUT2D eigenvalue weighted by Gasteiger charge is 2.30. The second kappa shape index (κ2) is 6.49. The van der Waals surface area contributed by atoms with Crippen LogP contribution in [0.25, 0.3) is 23.5 Å². The van der Waals surface area contributed by atoms with Crippen LogP contribution >= 0.6 is 11.6 Å². The van der Waals surface area contributed by atoms with Crippen molar-refractivity contribution in [2.75, 3.05) is 0 Å². The SMILES string of the molecule is FC(F)(F)c1cccc(-c2noc(C=Cc3ccccc3Cl)n2)c1. The van der Waals surface area contributed by atoms with Crippen LogP contribution in [0.5, 0.6) is 0 Å². The quantitative estimate of drug-likeness (QED) is 0.619. The molecule has 0 spiro atoms. The molecule has 7 heteroatoms. The topological polar surface area (TPSA) is 38.9 Å². The number of rotatable bonds is 3. The third-order valence-corrected chi connectivity index (χ3v) is 3.54. The molecule has 1 aromatic heterocycles. The van der Waals surface area contributed by atoms with E-state index in [0.717, 1.165) is 17.7 Å². The molecule has 0 amide bonds. The van der Waals surface area contributed by atoms with Crippen molar-refractivity contribution in [2.24, 2.45) is 0 Å². The predicted octanol–water partition coefficient (Wildman–Crippen LogP) is 5.58. The van der Waals surface area contributed by atoms with E-state index in [-0.39, 0.29) is 17.3 Å². The lowest BCUT2D eigenvalue weighted by Crippen LogP contribution is -2.04. The van der Waals surface area contributed by atoms with Gasteiger partial charge < -0.3 is 4.52 Å². The summed E-state index contributed by atoms with van der Waals surface area (Å²) in [7, 11) is 0. The third-order valence-electron chi connectivity index (χ3n) is 3.20. The highest BCUT2D eigenvalue weighted by atomic mass is 35.5. The second-order valence-electron chi connectivity index (χ2n) is 4.89. The van der Waals surface area contributed by atoms with Crippen molar-refractivity contribution in [1.82, 2.24) is 10.1 Å². The van der Waals surface area contributed by atoms with Crippen LogP contribution in [0.4, 0.5) is 13.2 Å². The minimum atomic E-state index is -4.42. The van der Waals surface area contributed by atoms with Gasteiger partial charge in [0.15, 0.2) is 0 Å². The fraction of sp³-hybridized carbons (Fsp3) is 0.0588. The lowest BCUT2D eigenvalue weighted by atomic mass is 10.1. The maximum absolute atomic E-state index is 12.7. The molecule has 0 fully saturated rings. The summed E-state index contributed by atoms with van der Waals surface area (Å²) < 4.78 is 43.3. The maximum Gasteiger partial charge on any atom is 0.416 e. The Balaban J connectivity index is 1.85. The molecule has 3 nitrogen and oxygen atoms in total. The van der Waals surface area contributed by atoms with Crippen molar-refractivity contribution in [3.63, 3.8) is 0 Å². The minimum Gasteiger partial charge on any atom is -0.334 e. The van der Waals surface area contributed by atoms with Crippen LogP contribution in [0.1, 0.15) is 17.0 Å². The first-order valence-electron chi connectivity index (χ1n) is 6.87. The molecular formula is C17H10ClF3N2O. The lowest BCUT2D eigenvalue weighted by Gasteiger charge is -2.06. The summed E-state index contributed by atoms with van der Waals surface area (Å²) in [6.07, 6.45) is -1.19. The summed E-state index contributed by atoms with van der Waals surface area (Å²) >= 11 is 6.03. The van der Waals surface area contributed by atoms with E-state index in [1.54, 1.807) is 24.3 Å². The van der Waals surface area contributed by atoms with Crippen molar-refractivity contribution in [1.29, 1.82) is 0 Å². The normalized spacial score (nSPS) is 12.0. The summed E-state index contributed by atoms with van der Waals surface area (Å²) in [5.74, 6) is 0.252. The van der Waals surface area contributed by atoms with Crippen molar-refractivity contribution < 1.29 is 17.7 Å². The van der Waals surface area contributed by atoms with Gasteiger partial charge in [0.25, 0.3) is 5.89 Å². The summed E-state index contributed by atoms with van der Waals surface area (Å²) in [5.41, 5.74) is 0.224. The zero-order chi connectivity index (χ0) is 17.2. The number of benzene rings is 2. The molecular weight excluding hydrogens is 341 g/mol. The molecule has 0 aliphatic rings. The molecule has 3 aromatic rings. The Labute approximate surface area is 140 Å². The Morgan fingerprint density at radius 2 is 1.79 bits per heavy atom. The van der Waals surface area contributed by atoms with E-state index in [4.69, 9.17) is 16.1 Å². The van der Waals surface area contributed by atoms with Crippen molar-refractivity contribution in [3.05, 3.63) is 70.6 Å². The Hall–Kier alpha value is -2.60. The van der Waals surface area contributed by atoms with Gasteiger partial charge in [-0.05, 0) is 29.8 Å². The first-order chi connectivity index (χ1) is 11.4. The lowest BCUT2D eigenvalue weighted by molar-refractivity contribution is -0.137. The first kappa shape index (κ1) is 16.3. The van der Waals surface area contributed by atoms with E-state index in [0.29, 0.717) is 5.02 Å². The molecule has 122 valence electrons. The fourth-order valence-corrected chi connectivity index (χ4v) is 2.22. The van der Waals surface area contributed by atoms with Crippen LogP contribution in [0, 0.1) is 0 Å². The summed E-state index contributed by atoms with van der Waals surface area (Å²) in [5, 5.41) is 4.27. The molecule has 0 unspecified atom stereocenters. The Bertz CT molecular complexity index is 887. The predicted molar refractivity (Wildman–Crippen MR) is 85.1 cm³/mol. The smallest absolute Gasteiger partial charge is 0.334 e. The summed E-state index contributed by atoms with van der Waals surface area (Å²) in [6, 6.07) is 11.9. The van der Waals surface area contributed by atoms with Crippen molar-refractivity contribution in [3.8, 4) is 11.4 Å². The van der Waals surface area contributed by atoms with Crippen molar-refractivity contribution >= 4 is 23.8 Å². The molecule has 0 atom stereocenters. The first-order valence-corrected chi connectivity index (χ1v) is 7.25. The Kier molecular flexibility index (Phi) is 4.40. The average Bonchev–Trinajstić information content (AvgIpc) is 3.02. The number of halogens is 4. The van der Waals surface area contributed by atoms with Gasteiger partial charge in [-0.1, -0.05) is 47.1 Å². The van der Waals surface area contributed by atoms with E-state index in [1.165, 1.54) is 12.1 Å². The van der Waals surface area contributed by atoms with Gasteiger partial charge in [0, 0.05) is 16.7 Å². The molecule has 1 heterocycles. The van der Waals surface area contributed by atoms with Crippen LogP contribution in [-0.4, -0.2) is 10.1 Å². The van der Waals surface area contributed by atoms with Gasteiger partial charge in [-0.15, -0.1) is 0 Å². The molecule has 0 saturated carbocycles. The van der Waals surface area contributed by atoms with Crippen LogP contribution in [0.2, 0.25) is 5.02 Å². The van der Waals surface area contributed by atoms with E-state index in [1.807, 2.05) is 12.1 Å². The van der Waals surface area contributed by atoms with E-state index < -0.39 is 11.7 Å².